The van der Waals surface area contributed by atoms with Gasteiger partial charge in [-0.1, -0.05) is 60.7 Å². The molecule has 6 heteroatoms. The van der Waals surface area contributed by atoms with Crippen molar-refractivity contribution < 1.29 is 9.59 Å². The average Bonchev–Trinajstić information content (AvgIpc) is 3.31. The Bertz CT molecular complexity index is 1170. The molecule has 0 aliphatic carbocycles. The first-order valence-electron chi connectivity index (χ1n) is 10.0. The number of aromatic nitrogens is 2. The highest BCUT2D eigenvalue weighted by molar-refractivity contribution is 6.08. The highest BCUT2D eigenvalue weighted by Gasteiger charge is 2.15. The van der Waals surface area contributed by atoms with Crippen LogP contribution in [0.1, 0.15) is 26.4 Å². The van der Waals surface area contributed by atoms with E-state index < -0.39 is 0 Å². The van der Waals surface area contributed by atoms with Gasteiger partial charge in [-0.05, 0) is 42.3 Å². The van der Waals surface area contributed by atoms with Crippen LogP contribution in [0.5, 0.6) is 0 Å². The van der Waals surface area contributed by atoms with E-state index in [-0.39, 0.29) is 17.5 Å². The maximum atomic E-state index is 12.7. The van der Waals surface area contributed by atoms with E-state index in [9.17, 15) is 9.59 Å². The van der Waals surface area contributed by atoms with Crippen molar-refractivity contribution in [3.8, 4) is 5.69 Å². The van der Waals surface area contributed by atoms with Gasteiger partial charge in [0.05, 0.1) is 16.9 Å². The summed E-state index contributed by atoms with van der Waals surface area (Å²) >= 11 is 0. The molecule has 0 atom stereocenters. The van der Waals surface area contributed by atoms with Crippen LogP contribution in [-0.4, -0.2) is 28.1 Å². The molecule has 0 unspecified atom stereocenters. The molecule has 0 saturated carbocycles. The summed E-state index contributed by atoms with van der Waals surface area (Å²) < 4.78 is 1.64. The maximum absolute atomic E-state index is 12.7. The zero-order valence-electron chi connectivity index (χ0n) is 16.9. The van der Waals surface area contributed by atoms with Gasteiger partial charge in [-0.15, -0.1) is 0 Å². The molecule has 0 spiro atoms. The van der Waals surface area contributed by atoms with E-state index in [0.29, 0.717) is 17.8 Å². The van der Waals surface area contributed by atoms with Crippen molar-refractivity contribution in [2.75, 3.05) is 11.9 Å². The molecule has 0 radical (unpaired) electrons. The molecule has 0 saturated heterocycles. The Balaban J connectivity index is 1.42. The van der Waals surface area contributed by atoms with Gasteiger partial charge in [0.1, 0.15) is 0 Å². The number of nitrogens with one attached hydrogen (secondary N) is 2. The molecule has 0 aliphatic rings. The van der Waals surface area contributed by atoms with Gasteiger partial charge in [-0.3, -0.25) is 9.59 Å². The van der Waals surface area contributed by atoms with Crippen LogP contribution in [0.3, 0.4) is 0 Å². The fraction of sp³-hybridized carbons (Fsp3) is 0.0800. The molecule has 4 aromatic rings. The predicted octanol–water partition coefficient (Wildman–Crippen LogP) is 4.10. The summed E-state index contributed by atoms with van der Waals surface area (Å²) in [6.07, 6.45) is 2.46. The van der Waals surface area contributed by atoms with Gasteiger partial charge >= 0.3 is 0 Å². The molecular formula is C25H22N4O2. The van der Waals surface area contributed by atoms with Crippen LogP contribution in [0.4, 0.5) is 5.69 Å². The molecule has 1 heterocycles. The lowest BCUT2D eigenvalue weighted by Crippen LogP contribution is -2.27. The Morgan fingerprint density at radius 2 is 1.45 bits per heavy atom. The smallest absolute Gasteiger partial charge is 0.276 e. The van der Waals surface area contributed by atoms with Crippen LogP contribution in [0.15, 0.2) is 97.2 Å². The minimum absolute atomic E-state index is 0.235. The fourth-order valence-corrected chi connectivity index (χ4v) is 3.21. The third kappa shape index (κ3) is 5.05. The third-order valence-corrected chi connectivity index (χ3v) is 4.80. The summed E-state index contributed by atoms with van der Waals surface area (Å²) in [5.74, 6) is -0.610. The van der Waals surface area contributed by atoms with E-state index in [1.54, 1.807) is 41.2 Å². The van der Waals surface area contributed by atoms with Crippen LogP contribution in [0.25, 0.3) is 5.69 Å². The first kappa shape index (κ1) is 20.1. The van der Waals surface area contributed by atoms with Crippen LogP contribution in [0, 0.1) is 0 Å². The molecule has 31 heavy (non-hydrogen) atoms. The highest BCUT2D eigenvalue weighted by Crippen LogP contribution is 2.16. The lowest BCUT2D eigenvalue weighted by Gasteiger charge is -2.11. The quantitative estimate of drug-likeness (QED) is 0.482. The van der Waals surface area contributed by atoms with Crippen LogP contribution < -0.4 is 10.6 Å². The Hall–Kier alpha value is -4.19. The molecule has 0 fully saturated rings. The minimum atomic E-state index is -0.376. The van der Waals surface area contributed by atoms with Crippen molar-refractivity contribution in [1.82, 2.24) is 15.1 Å². The number of anilines is 1. The van der Waals surface area contributed by atoms with Gasteiger partial charge in [-0.2, -0.15) is 5.10 Å². The predicted molar refractivity (Wildman–Crippen MR) is 120 cm³/mol. The van der Waals surface area contributed by atoms with Crippen molar-refractivity contribution in [3.05, 3.63) is 114 Å². The Kier molecular flexibility index (Phi) is 6.18. The van der Waals surface area contributed by atoms with Crippen molar-refractivity contribution >= 4 is 17.5 Å². The Morgan fingerprint density at radius 1 is 0.774 bits per heavy atom. The molecule has 0 bridgehead atoms. The van der Waals surface area contributed by atoms with E-state index in [1.807, 2.05) is 60.7 Å². The van der Waals surface area contributed by atoms with Gasteiger partial charge in [-0.25, -0.2) is 4.68 Å². The average molecular weight is 410 g/mol. The molecule has 6 nitrogen and oxygen atoms in total. The molecule has 2 amide bonds. The van der Waals surface area contributed by atoms with Crippen LogP contribution in [0.2, 0.25) is 0 Å². The third-order valence-electron chi connectivity index (χ3n) is 4.80. The summed E-state index contributed by atoms with van der Waals surface area (Å²) in [5.41, 5.74) is 3.13. The van der Waals surface area contributed by atoms with Gasteiger partial charge in [0, 0.05) is 12.7 Å². The van der Waals surface area contributed by atoms with Crippen LogP contribution in [-0.2, 0) is 6.42 Å². The van der Waals surface area contributed by atoms with Crippen molar-refractivity contribution in [1.29, 1.82) is 0 Å². The van der Waals surface area contributed by atoms with Crippen molar-refractivity contribution in [2.45, 2.75) is 6.42 Å². The second kappa shape index (κ2) is 9.54. The second-order valence-electron chi connectivity index (χ2n) is 6.97. The van der Waals surface area contributed by atoms with E-state index in [0.717, 1.165) is 17.7 Å². The molecule has 0 aliphatic heterocycles. The van der Waals surface area contributed by atoms with Gasteiger partial charge in [0.2, 0.25) is 0 Å². The lowest BCUT2D eigenvalue weighted by molar-refractivity contribution is 0.0955. The van der Waals surface area contributed by atoms with Gasteiger partial charge in [0.25, 0.3) is 11.8 Å². The molecule has 3 aromatic carbocycles. The molecule has 1 aromatic heterocycles. The van der Waals surface area contributed by atoms with E-state index in [4.69, 9.17) is 0 Å². The number of hydrogen-bond donors (Lipinski definition) is 2. The standard InChI is InChI=1S/C25H22N4O2/c30-24(26-17-15-19-9-3-1-4-10-19)21-13-7-8-14-22(21)27-25(31)23-16-18-29(28-23)20-11-5-2-6-12-20/h1-14,16,18H,15,17H2,(H,26,30)(H,27,31). The summed E-state index contributed by atoms with van der Waals surface area (Å²) in [4.78, 5) is 25.4. The van der Waals surface area contributed by atoms with E-state index >= 15 is 0 Å². The monoisotopic (exact) mass is 410 g/mol. The van der Waals surface area contributed by atoms with E-state index in [2.05, 4.69) is 15.7 Å². The van der Waals surface area contributed by atoms with Gasteiger partial charge in [0.15, 0.2) is 5.69 Å². The zero-order chi connectivity index (χ0) is 21.5. The number of carbonyl (C=O) groups excluding carboxylic acids is 2. The summed E-state index contributed by atoms with van der Waals surface area (Å²) in [5, 5.41) is 10.1. The molecular weight excluding hydrogens is 388 g/mol. The highest BCUT2D eigenvalue weighted by atomic mass is 16.2. The maximum Gasteiger partial charge on any atom is 0.276 e. The molecule has 4 rings (SSSR count). The summed E-state index contributed by atoms with van der Waals surface area (Å²) in [6.45, 7) is 0.507. The second-order valence-corrected chi connectivity index (χ2v) is 6.97. The number of hydrogen-bond acceptors (Lipinski definition) is 3. The Labute approximate surface area is 180 Å². The van der Waals surface area contributed by atoms with E-state index in [1.165, 1.54) is 0 Å². The zero-order valence-corrected chi connectivity index (χ0v) is 16.9. The number of carbonyl (C=O) groups is 2. The number of para-hydroxylation sites is 2. The normalized spacial score (nSPS) is 10.5. The number of benzene rings is 3. The van der Waals surface area contributed by atoms with Crippen molar-refractivity contribution in [2.24, 2.45) is 0 Å². The number of amides is 2. The topological polar surface area (TPSA) is 76.0 Å². The fourth-order valence-electron chi connectivity index (χ4n) is 3.21. The number of rotatable bonds is 7. The van der Waals surface area contributed by atoms with Gasteiger partial charge < -0.3 is 10.6 Å². The summed E-state index contributed by atoms with van der Waals surface area (Å²) in [6, 6.07) is 28.1. The summed E-state index contributed by atoms with van der Waals surface area (Å²) in [7, 11) is 0. The largest absolute Gasteiger partial charge is 0.352 e. The van der Waals surface area contributed by atoms with Crippen molar-refractivity contribution in [3.63, 3.8) is 0 Å². The van der Waals surface area contributed by atoms with Crippen LogP contribution >= 0.6 is 0 Å². The Morgan fingerprint density at radius 3 is 2.23 bits per heavy atom. The minimum Gasteiger partial charge on any atom is -0.352 e. The molecule has 154 valence electrons. The lowest BCUT2D eigenvalue weighted by atomic mass is 10.1. The number of nitrogens with zero attached hydrogens (tertiary/aromatic N) is 2. The first-order chi connectivity index (χ1) is 15.2. The first-order valence-corrected chi connectivity index (χ1v) is 10.0. The molecule has 2 N–H and O–H groups in total. The SMILES string of the molecule is O=C(Nc1ccccc1C(=O)NCCc1ccccc1)c1ccn(-c2ccccc2)n1.